The van der Waals surface area contributed by atoms with Gasteiger partial charge in [-0.3, -0.25) is 14.2 Å². The number of rotatable bonds is 5. The minimum absolute atomic E-state index is 0.182. The van der Waals surface area contributed by atoms with E-state index in [1.54, 1.807) is 49.1 Å². The van der Waals surface area contributed by atoms with Gasteiger partial charge in [-0.05, 0) is 37.6 Å². The number of carbonyl (C=O) groups is 2. The lowest BCUT2D eigenvalue weighted by Crippen LogP contribution is -2.41. The Hall–Kier alpha value is -3.75. The third-order valence-electron chi connectivity index (χ3n) is 6.14. The number of hydrogen-bond donors (Lipinski definition) is 0. The van der Waals surface area contributed by atoms with E-state index in [1.165, 1.54) is 4.57 Å². The summed E-state index contributed by atoms with van der Waals surface area (Å²) in [7, 11) is 0. The van der Waals surface area contributed by atoms with Crippen molar-refractivity contribution in [3.05, 3.63) is 108 Å². The van der Waals surface area contributed by atoms with Crippen LogP contribution in [0.5, 0.6) is 0 Å². The first-order valence-corrected chi connectivity index (χ1v) is 12.6. The quantitative estimate of drug-likeness (QED) is 0.382. The lowest BCUT2D eigenvalue weighted by atomic mass is 9.96. The second-order valence-corrected chi connectivity index (χ2v) is 9.68. The molecule has 36 heavy (non-hydrogen) atoms. The van der Waals surface area contributed by atoms with Gasteiger partial charge in [-0.2, -0.15) is 0 Å². The van der Waals surface area contributed by atoms with Crippen LogP contribution in [0.3, 0.4) is 0 Å². The molecule has 1 aromatic heterocycles. The van der Waals surface area contributed by atoms with Gasteiger partial charge in [0.1, 0.15) is 4.53 Å². The van der Waals surface area contributed by atoms with Gasteiger partial charge in [-0.25, -0.2) is 9.79 Å². The number of allylic oxidation sites excluding steroid dienone is 1. The molecule has 0 fully saturated rings. The summed E-state index contributed by atoms with van der Waals surface area (Å²) in [6.07, 6.45) is 1.65. The monoisotopic (exact) mass is 519 g/mol. The number of hydrogen-bond acceptors (Lipinski definition) is 6. The number of fused-ring (bicyclic) bond motifs is 2. The second kappa shape index (κ2) is 9.37. The molecule has 0 saturated heterocycles. The fraction of sp³-hybridized carbons (Fsp3) is 0.185. The van der Waals surface area contributed by atoms with Crippen molar-refractivity contribution in [3.8, 4) is 0 Å². The number of ether oxygens (including phenoxy) is 1. The van der Waals surface area contributed by atoms with Gasteiger partial charge >= 0.3 is 5.97 Å². The van der Waals surface area contributed by atoms with Gasteiger partial charge in [0.2, 0.25) is 0 Å². The van der Waals surface area contributed by atoms with E-state index < -0.39 is 17.6 Å². The lowest BCUT2D eigenvalue weighted by molar-refractivity contribution is -0.139. The number of thiazole rings is 1. The van der Waals surface area contributed by atoms with Crippen molar-refractivity contribution in [1.82, 2.24) is 4.57 Å². The first kappa shape index (κ1) is 24.0. The van der Waals surface area contributed by atoms with E-state index in [1.807, 2.05) is 24.3 Å². The SMILES string of the molecule is C=CCN1C(=O)/C(=c2\sc3n(c2=O)C(c2ccc(Cl)cc2)C(C(=O)OCC)=C(C)N=3)c2ccccc21. The number of benzene rings is 2. The van der Waals surface area contributed by atoms with Crippen LogP contribution in [0.15, 0.2) is 82.2 Å². The zero-order chi connectivity index (χ0) is 25.6. The van der Waals surface area contributed by atoms with Gasteiger partial charge in [0.25, 0.3) is 11.5 Å². The van der Waals surface area contributed by atoms with Crippen LogP contribution < -0.4 is 19.8 Å². The molecular weight excluding hydrogens is 498 g/mol. The Balaban J connectivity index is 1.82. The summed E-state index contributed by atoms with van der Waals surface area (Å²) in [5.41, 5.74) is 2.74. The number of esters is 1. The van der Waals surface area contributed by atoms with Crippen LogP contribution in [0.2, 0.25) is 5.02 Å². The molecule has 2 aromatic carbocycles. The second-order valence-electron chi connectivity index (χ2n) is 8.27. The lowest BCUT2D eigenvalue weighted by Gasteiger charge is -2.24. The van der Waals surface area contributed by atoms with Crippen LogP contribution in [-0.2, 0) is 14.3 Å². The molecule has 2 aliphatic rings. The van der Waals surface area contributed by atoms with Gasteiger partial charge in [0.15, 0.2) is 4.80 Å². The van der Waals surface area contributed by atoms with E-state index >= 15 is 0 Å². The maximum Gasteiger partial charge on any atom is 0.338 e. The number of anilines is 1. The van der Waals surface area contributed by atoms with E-state index in [-0.39, 0.29) is 22.6 Å². The first-order chi connectivity index (χ1) is 17.4. The molecule has 1 atom stereocenters. The molecule has 182 valence electrons. The summed E-state index contributed by atoms with van der Waals surface area (Å²) in [5.74, 6) is -0.818. The number of carbonyl (C=O) groups excluding carboxylic acids is 2. The molecule has 1 amide bonds. The predicted molar refractivity (Wildman–Crippen MR) is 140 cm³/mol. The molecule has 0 bridgehead atoms. The van der Waals surface area contributed by atoms with E-state index in [0.717, 1.165) is 17.0 Å². The Labute approximate surface area is 215 Å². The molecule has 0 spiro atoms. The van der Waals surface area contributed by atoms with Crippen molar-refractivity contribution in [2.45, 2.75) is 19.9 Å². The molecule has 0 N–H and O–H groups in total. The molecule has 2 aliphatic heterocycles. The summed E-state index contributed by atoms with van der Waals surface area (Å²) in [4.78, 5) is 47.1. The molecular formula is C27H22ClN3O4S. The van der Waals surface area contributed by atoms with Gasteiger partial charge in [0, 0.05) is 17.1 Å². The van der Waals surface area contributed by atoms with Crippen molar-refractivity contribution in [1.29, 1.82) is 0 Å². The van der Waals surface area contributed by atoms with E-state index in [9.17, 15) is 14.4 Å². The van der Waals surface area contributed by atoms with Gasteiger partial charge < -0.3 is 9.64 Å². The maximum absolute atomic E-state index is 14.0. The fourth-order valence-electron chi connectivity index (χ4n) is 4.61. The smallest absolute Gasteiger partial charge is 0.338 e. The Morgan fingerprint density at radius 3 is 2.61 bits per heavy atom. The number of para-hydroxylation sites is 1. The van der Waals surface area contributed by atoms with Crippen LogP contribution in [-0.4, -0.2) is 29.6 Å². The highest BCUT2D eigenvalue weighted by atomic mass is 35.5. The van der Waals surface area contributed by atoms with Crippen molar-refractivity contribution in [2.75, 3.05) is 18.1 Å². The standard InChI is InChI=1S/C27H22ClN3O4S/c1-4-14-30-19-9-7-6-8-18(19)21(24(30)32)23-25(33)31-22(16-10-12-17(28)13-11-16)20(26(34)35-5-2)15(3)29-27(31)36-23/h4,6-13,22H,1,5,14H2,2-3H3/b23-21-. The molecule has 9 heteroatoms. The Kier molecular flexibility index (Phi) is 6.24. The summed E-state index contributed by atoms with van der Waals surface area (Å²) in [6.45, 7) is 7.70. The van der Waals surface area contributed by atoms with Gasteiger partial charge in [-0.1, -0.05) is 59.3 Å². The number of nitrogens with zero attached hydrogens (tertiary/aromatic N) is 3. The van der Waals surface area contributed by atoms with Crippen molar-refractivity contribution in [3.63, 3.8) is 0 Å². The molecule has 5 rings (SSSR count). The van der Waals surface area contributed by atoms with Crippen molar-refractivity contribution >= 4 is 46.1 Å². The molecule has 0 radical (unpaired) electrons. The van der Waals surface area contributed by atoms with Crippen molar-refractivity contribution < 1.29 is 14.3 Å². The third-order valence-corrected chi connectivity index (χ3v) is 7.45. The van der Waals surface area contributed by atoms with Crippen LogP contribution in [0.4, 0.5) is 5.69 Å². The average molecular weight is 520 g/mol. The van der Waals surface area contributed by atoms with E-state index in [2.05, 4.69) is 11.6 Å². The molecule has 1 unspecified atom stereocenters. The summed E-state index contributed by atoms with van der Waals surface area (Å²) < 4.78 is 7.07. The van der Waals surface area contributed by atoms with Gasteiger partial charge in [0.05, 0.1) is 35.2 Å². The minimum atomic E-state index is -0.775. The maximum atomic E-state index is 14.0. The Morgan fingerprint density at radius 1 is 1.19 bits per heavy atom. The molecule has 0 aliphatic carbocycles. The molecule has 0 saturated carbocycles. The highest BCUT2D eigenvalue weighted by Gasteiger charge is 2.37. The van der Waals surface area contributed by atoms with Crippen LogP contribution in [0.25, 0.3) is 5.57 Å². The van der Waals surface area contributed by atoms with Crippen LogP contribution in [0.1, 0.15) is 31.0 Å². The number of aromatic nitrogens is 1. The molecule has 3 heterocycles. The number of amides is 1. The molecule has 7 nitrogen and oxygen atoms in total. The Morgan fingerprint density at radius 2 is 1.92 bits per heavy atom. The normalized spacial score (nSPS) is 18.0. The van der Waals surface area contributed by atoms with E-state index in [0.29, 0.717) is 38.8 Å². The first-order valence-electron chi connectivity index (χ1n) is 11.4. The largest absolute Gasteiger partial charge is 0.463 e. The summed E-state index contributed by atoms with van der Waals surface area (Å²) >= 11 is 7.25. The predicted octanol–water partition coefficient (Wildman–Crippen LogP) is 3.35. The zero-order valence-corrected chi connectivity index (χ0v) is 21.2. The summed E-state index contributed by atoms with van der Waals surface area (Å²) in [5, 5.41) is 0.530. The van der Waals surface area contributed by atoms with Crippen LogP contribution in [0, 0.1) is 0 Å². The third kappa shape index (κ3) is 3.73. The highest BCUT2D eigenvalue weighted by molar-refractivity contribution is 7.07. The minimum Gasteiger partial charge on any atom is -0.463 e. The Bertz CT molecular complexity index is 1630. The molecule has 3 aromatic rings. The number of halogens is 1. The van der Waals surface area contributed by atoms with Crippen LogP contribution >= 0.6 is 22.9 Å². The van der Waals surface area contributed by atoms with Crippen molar-refractivity contribution in [2.24, 2.45) is 4.99 Å². The fourth-order valence-corrected chi connectivity index (χ4v) is 5.87. The van der Waals surface area contributed by atoms with E-state index in [4.69, 9.17) is 16.3 Å². The average Bonchev–Trinajstić information content (AvgIpc) is 3.32. The highest BCUT2D eigenvalue weighted by Crippen LogP contribution is 2.35. The summed E-state index contributed by atoms with van der Waals surface area (Å²) in [6, 6.07) is 13.5. The van der Waals surface area contributed by atoms with Gasteiger partial charge in [-0.15, -0.1) is 6.58 Å². The zero-order valence-electron chi connectivity index (χ0n) is 19.7. The topological polar surface area (TPSA) is 81.0 Å².